The number of halogens is 3. The smallest absolute Gasteiger partial charge is 0.250 e. The lowest BCUT2D eigenvalue weighted by molar-refractivity contribution is -0.111. The summed E-state index contributed by atoms with van der Waals surface area (Å²) in [6.45, 7) is 0. The lowest BCUT2D eigenvalue weighted by atomic mass is 10.2. The van der Waals surface area contributed by atoms with Crippen molar-refractivity contribution >= 4 is 82.1 Å². The van der Waals surface area contributed by atoms with Crippen LogP contribution in [0.5, 0.6) is 11.5 Å². The molecular weight excluding hydrogens is 520 g/mol. The minimum Gasteiger partial charge on any atom is -0.495 e. The first-order valence-corrected chi connectivity index (χ1v) is 10.4. The van der Waals surface area contributed by atoms with Crippen molar-refractivity contribution in [2.75, 3.05) is 19.5 Å². The maximum absolute atomic E-state index is 12.3. The normalized spacial score (nSPS) is 11.1. The van der Waals surface area contributed by atoms with E-state index in [0.29, 0.717) is 27.2 Å². The molecule has 2 aromatic carbocycles. The van der Waals surface area contributed by atoms with Crippen LogP contribution in [0.3, 0.4) is 0 Å². The van der Waals surface area contributed by atoms with Crippen LogP contribution in [0, 0.1) is 0 Å². The molecule has 1 aromatic heterocycles. The third-order valence-electron chi connectivity index (χ3n) is 3.55. The Morgan fingerprint density at radius 2 is 2.00 bits per heavy atom. The van der Waals surface area contributed by atoms with Crippen LogP contribution < -0.4 is 14.8 Å². The molecule has 0 saturated heterocycles. The summed E-state index contributed by atoms with van der Waals surface area (Å²) in [5.41, 5.74) is 1.46. The summed E-state index contributed by atoms with van der Waals surface area (Å²) in [6.07, 6.45) is 3.10. The first-order chi connectivity index (χ1) is 12.9. The van der Waals surface area contributed by atoms with Gasteiger partial charge < -0.3 is 9.47 Å². The highest BCUT2D eigenvalue weighted by molar-refractivity contribution is 9.11. The first-order valence-electron chi connectivity index (χ1n) is 7.57. The number of rotatable bonds is 5. The van der Waals surface area contributed by atoms with Gasteiger partial charge in [-0.1, -0.05) is 38.9 Å². The van der Waals surface area contributed by atoms with Crippen LogP contribution in [0.4, 0.5) is 5.13 Å². The number of benzene rings is 2. The SMILES string of the molecule is COc1cc2sc(NC(=O)/C=C/c3cc(Br)cc(Br)c3OC)nc2cc1Cl. The molecule has 1 heterocycles. The number of fused-ring (bicyclic) bond motifs is 1. The van der Waals surface area contributed by atoms with E-state index >= 15 is 0 Å². The molecule has 0 bridgehead atoms. The molecule has 0 atom stereocenters. The van der Waals surface area contributed by atoms with Crippen LogP contribution in [-0.4, -0.2) is 25.1 Å². The Hall–Kier alpha value is -1.61. The predicted octanol–water partition coefficient (Wildman–Crippen LogP) is 6.14. The summed E-state index contributed by atoms with van der Waals surface area (Å²) in [7, 11) is 3.13. The molecule has 9 heteroatoms. The van der Waals surface area contributed by atoms with Crippen molar-refractivity contribution in [1.82, 2.24) is 4.98 Å². The fourth-order valence-electron chi connectivity index (χ4n) is 2.37. The Labute approximate surface area is 181 Å². The summed E-state index contributed by atoms with van der Waals surface area (Å²) in [6, 6.07) is 7.24. The van der Waals surface area contributed by atoms with E-state index in [4.69, 9.17) is 21.1 Å². The van der Waals surface area contributed by atoms with Gasteiger partial charge in [-0.05, 0) is 40.2 Å². The molecule has 0 spiro atoms. The minimum absolute atomic E-state index is 0.301. The maximum Gasteiger partial charge on any atom is 0.250 e. The van der Waals surface area contributed by atoms with Gasteiger partial charge in [-0.2, -0.15) is 0 Å². The molecule has 1 amide bonds. The summed E-state index contributed by atoms with van der Waals surface area (Å²) in [5.74, 6) is 0.909. The molecule has 0 unspecified atom stereocenters. The highest BCUT2D eigenvalue weighted by atomic mass is 79.9. The molecule has 140 valence electrons. The van der Waals surface area contributed by atoms with Crippen molar-refractivity contribution in [3.8, 4) is 11.5 Å². The van der Waals surface area contributed by atoms with Gasteiger partial charge in [-0.15, -0.1) is 0 Å². The Morgan fingerprint density at radius 1 is 1.22 bits per heavy atom. The number of nitrogens with zero attached hydrogens (tertiary/aromatic N) is 1. The number of anilines is 1. The minimum atomic E-state index is -0.301. The van der Waals surface area contributed by atoms with Gasteiger partial charge in [0.2, 0.25) is 5.91 Å². The summed E-state index contributed by atoms with van der Waals surface area (Å²) < 4.78 is 13.1. The number of ether oxygens (including phenoxy) is 2. The van der Waals surface area contributed by atoms with E-state index in [1.165, 1.54) is 17.4 Å². The van der Waals surface area contributed by atoms with Crippen molar-refractivity contribution in [2.45, 2.75) is 0 Å². The highest BCUT2D eigenvalue weighted by Crippen LogP contribution is 2.35. The van der Waals surface area contributed by atoms with Crippen LogP contribution in [-0.2, 0) is 4.79 Å². The van der Waals surface area contributed by atoms with Crippen molar-refractivity contribution < 1.29 is 14.3 Å². The summed E-state index contributed by atoms with van der Waals surface area (Å²) in [5, 5.41) is 3.71. The number of aromatic nitrogens is 1. The van der Waals surface area contributed by atoms with E-state index in [-0.39, 0.29) is 5.91 Å². The van der Waals surface area contributed by atoms with E-state index in [1.807, 2.05) is 12.1 Å². The van der Waals surface area contributed by atoms with Gasteiger partial charge in [0.05, 0.1) is 33.9 Å². The third-order valence-corrected chi connectivity index (χ3v) is 5.82. The molecule has 1 N–H and O–H groups in total. The fraction of sp³-hybridized carbons (Fsp3) is 0.111. The van der Waals surface area contributed by atoms with Crippen LogP contribution >= 0.6 is 54.8 Å². The van der Waals surface area contributed by atoms with Gasteiger partial charge in [0, 0.05) is 22.2 Å². The molecular formula is C18H13Br2ClN2O3S. The predicted molar refractivity (Wildman–Crippen MR) is 117 cm³/mol. The number of amides is 1. The third kappa shape index (κ3) is 4.63. The van der Waals surface area contributed by atoms with Gasteiger partial charge in [0.25, 0.3) is 0 Å². The molecule has 3 aromatic rings. The number of methoxy groups -OCH3 is 2. The van der Waals surface area contributed by atoms with E-state index in [1.54, 1.807) is 32.4 Å². The van der Waals surface area contributed by atoms with Gasteiger partial charge in [0.15, 0.2) is 5.13 Å². The van der Waals surface area contributed by atoms with E-state index in [0.717, 1.165) is 19.2 Å². The van der Waals surface area contributed by atoms with Gasteiger partial charge in [-0.25, -0.2) is 4.98 Å². The molecule has 0 fully saturated rings. The maximum atomic E-state index is 12.3. The van der Waals surface area contributed by atoms with Gasteiger partial charge >= 0.3 is 0 Å². The van der Waals surface area contributed by atoms with Crippen molar-refractivity contribution in [1.29, 1.82) is 0 Å². The van der Waals surface area contributed by atoms with E-state index in [2.05, 4.69) is 42.2 Å². The molecule has 27 heavy (non-hydrogen) atoms. The second-order valence-corrected chi connectivity index (χ2v) is 8.51. The monoisotopic (exact) mass is 530 g/mol. The Bertz CT molecular complexity index is 1050. The number of hydrogen-bond donors (Lipinski definition) is 1. The van der Waals surface area contributed by atoms with Crippen LogP contribution in [0.2, 0.25) is 5.02 Å². The second kappa shape index (κ2) is 8.60. The number of nitrogens with one attached hydrogen (secondary N) is 1. The highest BCUT2D eigenvalue weighted by Gasteiger charge is 2.11. The van der Waals surface area contributed by atoms with Crippen LogP contribution in [0.25, 0.3) is 16.3 Å². The van der Waals surface area contributed by atoms with Crippen molar-refractivity contribution in [2.24, 2.45) is 0 Å². The zero-order valence-corrected chi connectivity index (χ0v) is 18.9. The number of carbonyl (C=O) groups excluding carboxylic acids is 1. The Balaban J connectivity index is 1.80. The van der Waals surface area contributed by atoms with Crippen LogP contribution in [0.1, 0.15) is 5.56 Å². The van der Waals surface area contributed by atoms with Gasteiger partial charge in [0.1, 0.15) is 11.5 Å². The molecule has 0 saturated carbocycles. The Morgan fingerprint density at radius 3 is 2.70 bits per heavy atom. The van der Waals surface area contributed by atoms with E-state index in [9.17, 15) is 4.79 Å². The molecule has 0 radical (unpaired) electrons. The molecule has 0 aliphatic heterocycles. The van der Waals surface area contributed by atoms with Crippen molar-refractivity contribution in [3.63, 3.8) is 0 Å². The second-order valence-electron chi connectivity index (χ2n) is 5.31. The zero-order valence-electron chi connectivity index (χ0n) is 14.2. The zero-order chi connectivity index (χ0) is 19.6. The quantitative estimate of drug-likeness (QED) is 0.401. The van der Waals surface area contributed by atoms with Crippen LogP contribution in [0.15, 0.2) is 39.3 Å². The number of hydrogen-bond acceptors (Lipinski definition) is 5. The van der Waals surface area contributed by atoms with Gasteiger partial charge in [-0.3, -0.25) is 10.1 Å². The largest absolute Gasteiger partial charge is 0.495 e. The first kappa shape index (κ1) is 20.1. The van der Waals surface area contributed by atoms with E-state index < -0.39 is 0 Å². The lowest BCUT2D eigenvalue weighted by Crippen LogP contribution is -2.07. The number of carbonyl (C=O) groups is 1. The molecule has 5 nitrogen and oxygen atoms in total. The number of thiazole rings is 1. The standard InChI is InChI=1S/C18H13Br2ClN2O3S/c1-25-14-8-15-13(7-12(14)21)22-18(27-15)23-16(24)4-3-9-5-10(19)6-11(20)17(9)26-2/h3-8H,1-2H3,(H,22,23,24)/b4-3+. The Kier molecular flexibility index (Phi) is 6.41. The molecule has 0 aliphatic carbocycles. The van der Waals surface area contributed by atoms with Crippen molar-refractivity contribution in [3.05, 3.63) is 49.9 Å². The summed E-state index contributed by atoms with van der Waals surface area (Å²) >= 11 is 14.3. The topological polar surface area (TPSA) is 60.5 Å². The fourth-order valence-corrected chi connectivity index (χ4v) is 4.91. The molecule has 3 rings (SSSR count). The lowest BCUT2D eigenvalue weighted by Gasteiger charge is -2.08. The molecule has 0 aliphatic rings. The average Bonchev–Trinajstić information content (AvgIpc) is 2.99. The summed E-state index contributed by atoms with van der Waals surface area (Å²) in [4.78, 5) is 16.7. The average molecular weight is 533 g/mol.